The number of amides is 1. The quantitative estimate of drug-likeness (QED) is 0.806. The van der Waals surface area contributed by atoms with Crippen molar-refractivity contribution in [3.63, 3.8) is 0 Å². The van der Waals surface area contributed by atoms with Gasteiger partial charge in [0, 0.05) is 24.5 Å². The van der Waals surface area contributed by atoms with Crippen LogP contribution in [0.3, 0.4) is 0 Å². The van der Waals surface area contributed by atoms with E-state index in [1.165, 1.54) is 0 Å². The summed E-state index contributed by atoms with van der Waals surface area (Å²) in [5.41, 5.74) is 2.33. The van der Waals surface area contributed by atoms with Gasteiger partial charge in [-0.25, -0.2) is 0 Å². The molecular weight excluding hydrogens is 358 g/mol. The molecule has 0 unspecified atom stereocenters. The first-order chi connectivity index (χ1) is 12.1. The van der Waals surface area contributed by atoms with Gasteiger partial charge in [-0.15, -0.1) is 0 Å². The minimum Gasteiger partial charge on any atom is -0.378 e. The summed E-state index contributed by atoms with van der Waals surface area (Å²) >= 11 is 11.2. The van der Waals surface area contributed by atoms with Crippen molar-refractivity contribution in [1.82, 2.24) is 5.32 Å². The molecule has 3 rings (SSSR count). The number of hydrogen-bond donors (Lipinski definition) is 2. The number of morpholine rings is 1. The molecule has 1 fully saturated rings. The van der Waals surface area contributed by atoms with E-state index in [4.69, 9.17) is 28.6 Å². The van der Waals surface area contributed by atoms with Crippen molar-refractivity contribution in [2.75, 3.05) is 36.5 Å². The van der Waals surface area contributed by atoms with E-state index in [1.807, 2.05) is 24.3 Å². The monoisotopic (exact) mass is 375 g/mol. The average Bonchev–Trinajstić information content (AvgIpc) is 2.63. The fourth-order valence-corrected chi connectivity index (χ4v) is 2.99. The molecule has 1 heterocycles. The van der Waals surface area contributed by atoms with Crippen molar-refractivity contribution in [3.8, 4) is 0 Å². The molecule has 0 bridgehead atoms. The Morgan fingerprint density at radius 2 is 1.76 bits per heavy atom. The third-order valence-corrected chi connectivity index (χ3v) is 4.38. The van der Waals surface area contributed by atoms with Crippen LogP contribution in [0.5, 0.6) is 0 Å². The molecule has 0 spiro atoms. The highest BCUT2D eigenvalue weighted by molar-refractivity contribution is 7.80. The maximum absolute atomic E-state index is 12.2. The van der Waals surface area contributed by atoms with Gasteiger partial charge in [0.25, 0.3) is 5.91 Å². The predicted molar refractivity (Wildman–Crippen MR) is 105 cm³/mol. The maximum atomic E-state index is 12.2. The van der Waals surface area contributed by atoms with Crippen molar-refractivity contribution >= 4 is 46.2 Å². The summed E-state index contributed by atoms with van der Waals surface area (Å²) in [5.74, 6) is -0.340. The van der Waals surface area contributed by atoms with Gasteiger partial charge in [0.2, 0.25) is 0 Å². The summed E-state index contributed by atoms with van der Waals surface area (Å²) in [6.07, 6.45) is 0. The molecule has 5 nitrogen and oxygen atoms in total. The average molecular weight is 376 g/mol. The highest BCUT2D eigenvalue weighted by atomic mass is 35.5. The van der Waals surface area contributed by atoms with Crippen LogP contribution in [0.25, 0.3) is 0 Å². The lowest BCUT2D eigenvalue weighted by molar-refractivity contribution is 0.0978. The van der Waals surface area contributed by atoms with Gasteiger partial charge in [0.05, 0.1) is 23.8 Å². The van der Waals surface area contributed by atoms with E-state index in [0.717, 1.165) is 37.7 Å². The summed E-state index contributed by atoms with van der Waals surface area (Å²) < 4.78 is 5.36. The normalized spacial score (nSPS) is 14.0. The van der Waals surface area contributed by atoms with Gasteiger partial charge in [0.1, 0.15) is 0 Å². The largest absolute Gasteiger partial charge is 0.378 e. The van der Waals surface area contributed by atoms with Gasteiger partial charge < -0.3 is 15.0 Å². The second-order valence-electron chi connectivity index (χ2n) is 5.53. The van der Waals surface area contributed by atoms with Gasteiger partial charge in [-0.2, -0.15) is 0 Å². The number of ether oxygens (including phenoxy) is 1. The lowest BCUT2D eigenvalue weighted by Crippen LogP contribution is -2.36. The molecule has 0 aliphatic carbocycles. The molecule has 0 aromatic heterocycles. The molecule has 2 N–H and O–H groups in total. The molecule has 0 saturated carbocycles. The van der Waals surface area contributed by atoms with E-state index in [9.17, 15) is 4.79 Å². The molecule has 2 aromatic carbocycles. The van der Waals surface area contributed by atoms with Crippen LogP contribution in [-0.4, -0.2) is 37.3 Å². The molecule has 130 valence electrons. The zero-order chi connectivity index (χ0) is 17.6. The van der Waals surface area contributed by atoms with Crippen LogP contribution >= 0.6 is 23.8 Å². The molecule has 1 aliphatic heterocycles. The number of carbonyl (C=O) groups is 1. The Hall–Kier alpha value is -2.15. The van der Waals surface area contributed by atoms with Gasteiger partial charge in [-0.05, 0) is 48.6 Å². The summed E-state index contributed by atoms with van der Waals surface area (Å²) in [7, 11) is 0. The topological polar surface area (TPSA) is 53.6 Å². The van der Waals surface area contributed by atoms with Crippen molar-refractivity contribution < 1.29 is 9.53 Å². The lowest BCUT2D eigenvalue weighted by atomic mass is 10.2. The Morgan fingerprint density at radius 3 is 2.44 bits per heavy atom. The Morgan fingerprint density at radius 1 is 1.08 bits per heavy atom. The highest BCUT2D eigenvalue weighted by Gasteiger charge is 2.12. The molecule has 2 aromatic rings. The minimum atomic E-state index is -0.340. The SMILES string of the molecule is O=C(NC(=S)Nc1ccc(N2CCOCC2)cc1)c1ccccc1Cl. The zero-order valence-electron chi connectivity index (χ0n) is 13.5. The Kier molecular flexibility index (Phi) is 5.86. The Bertz CT molecular complexity index is 761. The van der Waals surface area contributed by atoms with Crippen LogP contribution in [0.1, 0.15) is 10.4 Å². The fraction of sp³-hybridized carbons (Fsp3) is 0.222. The molecule has 1 amide bonds. The summed E-state index contributed by atoms with van der Waals surface area (Å²) in [4.78, 5) is 14.5. The molecule has 25 heavy (non-hydrogen) atoms. The van der Waals surface area contributed by atoms with Crippen LogP contribution in [0.15, 0.2) is 48.5 Å². The molecule has 0 radical (unpaired) electrons. The highest BCUT2D eigenvalue weighted by Crippen LogP contribution is 2.19. The van der Waals surface area contributed by atoms with E-state index in [1.54, 1.807) is 24.3 Å². The van der Waals surface area contributed by atoms with E-state index in [2.05, 4.69) is 15.5 Å². The predicted octanol–water partition coefficient (Wildman–Crippen LogP) is 3.30. The summed E-state index contributed by atoms with van der Waals surface area (Å²) in [6, 6.07) is 14.7. The zero-order valence-corrected chi connectivity index (χ0v) is 15.1. The van der Waals surface area contributed by atoms with Crippen LogP contribution < -0.4 is 15.5 Å². The third-order valence-electron chi connectivity index (χ3n) is 3.85. The number of carbonyl (C=O) groups excluding carboxylic acids is 1. The molecular formula is C18H18ClN3O2S. The first-order valence-corrected chi connectivity index (χ1v) is 8.72. The van der Waals surface area contributed by atoms with Gasteiger partial charge in [-0.1, -0.05) is 23.7 Å². The van der Waals surface area contributed by atoms with Gasteiger partial charge in [0.15, 0.2) is 5.11 Å². The standard InChI is InChI=1S/C18H18ClN3O2S/c19-16-4-2-1-3-15(16)17(23)21-18(25)20-13-5-7-14(8-6-13)22-9-11-24-12-10-22/h1-8H,9-12H2,(H2,20,21,23,25). The van der Waals surface area contributed by atoms with Gasteiger partial charge >= 0.3 is 0 Å². The van der Waals surface area contributed by atoms with Crippen molar-refractivity contribution in [2.45, 2.75) is 0 Å². The van der Waals surface area contributed by atoms with E-state index < -0.39 is 0 Å². The third kappa shape index (κ3) is 4.69. The molecule has 0 atom stereocenters. The number of nitrogens with one attached hydrogen (secondary N) is 2. The summed E-state index contributed by atoms with van der Waals surface area (Å²) in [5, 5.41) is 6.25. The number of thiocarbonyl (C=S) groups is 1. The molecule has 7 heteroatoms. The van der Waals surface area contributed by atoms with Crippen LogP contribution in [0.2, 0.25) is 5.02 Å². The van der Waals surface area contributed by atoms with Crippen LogP contribution in [0, 0.1) is 0 Å². The lowest BCUT2D eigenvalue weighted by Gasteiger charge is -2.28. The Labute approximate surface area is 156 Å². The van der Waals surface area contributed by atoms with Crippen molar-refractivity contribution in [2.24, 2.45) is 0 Å². The van der Waals surface area contributed by atoms with E-state index in [-0.39, 0.29) is 11.0 Å². The smallest absolute Gasteiger partial charge is 0.258 e. The second-order valence-corrected chi connectivity index (χ2v) is 6.35. The number of anilines is 2. The summed E-state index contributed by atoms with van der Waals surface area (Å²) in [6.45, 7) is 3.27. The number of hydrogen-bond acceptors (Lipinski definition) is 4. The second kappa shape index (κ2) is 8.29. The number of halogens is 1. The van der Waals surface area contributed by atoms with Crippen LogP contribution in [-0.2, 0) is 4.74 Å². The maximum Gasteiger partial charge on any atom is 0.258 e. The molecule has 1 aliphatic rings. The van der Waals surface area contributed by atoms with Crippen molar-refractivity contribution in [3.05, 3.63) is 59.1 Å². The van der Waals surface area contributed by atoms with Crippen LogP contribution in [0.4, 0.5) is 11.4 Å². The van der Waals surface area contributed by atoms with E-state index >= 15 is 0 Å². The van der Waals surface area contributed by atoms with Crippen molar-refractivity contribution in [1.29, 1.82) is 0 Å². The number of benzene rings is 2. The molecule has 1 saturated heterocycles. The fourth-order valence-electron chi connectivity index (χ4n) is 2.56. The van der Waals surface area contributed by atoms with Gasteiger partial charge in [-0.3, -0.25) is 10.1 Å². The number of nitrogens with zero attached hydrogens (tertiary/aromatic N) is 1. The Balaban J connectivity index is 1.57. The first kappa shape index (κ1) is 17.7. The number of rotatable bonds is 3. The minimum absolute atomic E-state index is 0.226. The van der Waals surface area contributed by atoms with E-state index in [0.29, 0.717) is 10.6 Å². The first-order valence-electron chi connectivity index (χ1n) is 7.93.